The van der Waals surface area contributed by atoms with E-state index in [4.69, 9.17) is 0 Å². The van der Waals surface area contributed by atoms with E-state index in [0.717, 1.165) is 25.3 Å². The van der Waals surface area contributed by atoms with E-state index in [1.807, 2.05) is 6.07 Å². The van der Waals surface area contributed by atoms with E-state index in [1.54, 1.807) is 0 Å². The SMILES string of the molecule is CC(C)[C@](C#N)(CCCN(C)CCC1CCCCC1)c1ccccc1.Cl. The lowest BCUT2D eigenvalue weighted by molar-refractivity contribution is 0.251. The van der Waals surface area contributed by atoms with E-state index in [0.29, 0.717) is 5.92 Å². The molecule has 3 heteroatoms. The summed E-state index contributed by atoms with van der Waals surface area (Å²) >= 11 is 0. The van der Waals surface area contributed by atoms with Gasteiger partial charge in [0, 0.05) is 0 Å². The van der Waals surface area contributed by atoms with Gasteiger partial charge in [-0.15, -0.1) is 12.4 Å². The van der Waals surface area contributed by atoms with Gasteiger partial charge in [-0.1, -0.05) is 76.3 Å². The maximum Gasteiger partial charge on any atom is 0.0845 e. The van der Waals surface area contributed by atoms with Crippen LogP contribution in [0.1, 0.15) is 70.8 Å². The quantitative estimate of drug-likeness (QED) is 0.512. The Balaban J connectivity index is 0.00000338. The van der Waals surface area contributed by atoms with Gasteiger partial charge in [0.2, 0.25) is 0 Å². The minimum absolute atomic E-state index is 0. The van der Waals surface area contributed by atoms with Crippen LogP contribution in [0.5, 0.6) is 0 Å². The third kappa shape index (κ3) is 6.29. The molecule has 0 amide bonds. The monoisotopic (exact) mass is 376 g/mol. The predicted octanol–water partition coefficient (Wildman–Crippen LogP) is 6.21. The topological polar surface area (TPSA) is 27.0 Å². The van der Waals surface area contributed by atoms with Crippen molar-refractivity contribution in [3.05, 3.63) is 35.9 Å². The number of rotatable bonds is 9. The van der Waals surface area contributed by atoms with Crippen molar-refractivity contribution in [2.45, 2.75) is 70.6 Å². The largest absolute Gasteiger partial charge is 0.306 e. The number of benzene rings is 1. The van der Waals surface area contributed by atoms with Crippen molar-refractivity contribution < 1.29 is 0 Å². The second-order valence-corrected chi connectivity index (χ2v) is 8.30. The summed E-state index contributed by atoms with van der Waals surface area (Å²) in [6.45, 7) is 6.67. The lowest BCUT2D eigenvalue weighted by atomic mass is 9.70. The van der Waals surface area contributed by atoms with Gasteiger partial charge < -0.3 is 4.90 Å². The van der Waals surface area contributed by atoms with Crippen LogP contribution >= 0.6 is 12.4 Å². The fraction of sp³-hybridized carbons (Fsp3) is 0.696. The average Bonchev–Trinajstić information content (AvgIpc) is 2.65. The van der Waals surface area contributed by atoms with Gasteiger partial charge in [-0.3, -0.25) is 0 Å². The Labute approximate surface area is 167 Å². The molecule has 0 bridgehead atoms. The zero-order chi connectivity index (χ0) is 18.1. The summed E-state index contributed by atoms with van der Waals surface area (Å²) in [6.07, 6.45) is 10.6. The van der Waals surface area contributed by atoms with Gasteiger partial charge in [-0.25, -0.2) is 0 Å². The van der Waals surface area contributed by atoms with E-state index >= 15 is 0 Å². The Hall–Kier alpha value is -1.04. The molecular formula is C23H37ClN2. The molecule has 1 aromatic rings. The molecule has 0 aliphatic heterocycles. The van der Waals surface area contributed by atoms with Crippen LogP contribution in [0.25, 0.3) is 0 Å². The van der Waals surface area contributed by atoms with E-state index in [2.05, 4.69) is 56.1 Å². The summed E-state index contributed by atoms with van der Waals surface area (Å²) < 4.78 is 0. The molecule has 146 valence electrons. The highest BCUT2D eigenvalue weighted by atomic mass is 35.5. The Bertz CT molecular complexity index is 531. The minimum Gasteiger partial charge on any atom is -0.306 e. The van der Waals surface area contributed by atoms with Crippen LogP contribution in [-0.4, -0.2) is 25.0 Å². The summed E-state index contributed by atoms with van der Waals surface area (Å²) in [6, 6.07) is 13.1. The molecule has 1 fully saturated rings. The van der Waals surface area contributed by atoms with E-state index < -0.39 is 0 Å². The average molecular weight is 377 g/mol. The fourth-order valence-electron chi connectivity index (χ4n) is 4.37. The van der Waals surface area contributed by atoms with Crippen molar-refractivity contribution in [1.29, 1.82) is 5.26 Å². The smallest absolute Gasteiger partial charge is 0.0845 e. The molecule has 1 aliphatic carbocycles. The van der Waals surface area contributed by atoms with Crippen LogP contribution in [0.4, 0.5) is 0 Å². The minimum atomic E-state index is -0.356. The number of nitrogens with zero attached hydrogens (tertiary/aromatic N) is 2. The second kappa shape index (κ2) is 11.6. The summed E-state index contributed by atoms with van der Waals surface area (Å²) in [5.74, 6) is 1.28. The third-order valence-corrected chi connectivity index (χ3v) is 6.23. The van der Waals surface area contributed by atoms with Gasteiger partial charge in [-0.2, -0.15) is 5.26 Å². The molecular weight excluding hydrogens is 340 g/mol. The van der Waals surface area contributed by atoms with Crippen LogP contribution in [-0.2, 0) is 5.41 Å². The Morgan fingerprint density at radius 1 is 1.12 bits per heavy atom. The first-order chi connectivity index (χ1) is 12.1. The van der Waals surface area contributed by atoms with Gasteiger partial charge in [0.05, 0.1) is 11.5 Å². The molecule has 0 unspecified atom stereocenters. The van der Waals surface area contributed by atoms with Crippen molar-refractivity contribution in [2.24, 2.45) is 11.8 Å². The Morgan fingerprint density at radius 2 is 1.77 bits per heavy atom. The van der Waals surface area contributed by atoms with Crippen LogP contribution in [0.15, 0.2) is 30.3 Å². The van der Waals surface area contributed by atoms with E-state index in [1.165, 1.54) is 50.6 Å². The van der Waals surface area contributed by atoms with E-state index in [-0.39, 0.29) is 17.8 Å². The lowest BCUT2D eigenvalue weighted by Gasteiger charge is -2.32. The first-order valence-corrected chi connectivity index (χ1v) is 10.2. The van der Waals surface area contributed by atoms with Gasteiger partial charge in [0.1, 0.15) is 0 Å². The van der Waals surface area contributed by atoms with Crippen molar-refractivity contribution in [1.82, 2.24) is 4.90 Å². The maximum atomic E-state index is 9.98. The maximum absolute atomic E-state index is 9.98. The molecule has 1 aromatic carbocycles. The lowest BCUT2D eigenvalue weighted by Crippen LogP contribution is -2.32. The highest BCUT2D eigenvalue weighted by Crippen LogP contribution is 2.36. The molecule has 2 nitrogen and oxygen atoms in total. The first kappa shape index (κ1) is 23.0. The number of hydrogen-bond acceptors (Lipinski definition) is 2. The van der Waals surface area contributed by atoms with Gasteiger partial charge >= 0.3 is 0 Å². The fourth-order valence-corrected chi connectivity index (χ4v) is 4.37. The molecule has 0 N–H and O–H groups in total. The third-order valence-electron chi connectivity index (χ3n) is 6.23. The van der Waals surface area contributed by atoms with Crippen molar-refractivity contribution in [3.8, 4) is 6.07 Å². The number of hydrogen-bond donors (Lipinski definition) is 0. The molecule has 0 spiro atoms. The zero-order valence-corrected chi connectivity index (χ0v) is 17.7. The molecule has 0 heterocycles. The summed E-state index contributed by atoms with van der Waals surface area (Å²) in [7, 11) is 2.24. The molecule has 26 heavy (non-hydrogen) atoms. The van der Waals surface area contributed by atoms with Crippen molar-refractivity contribution in [3.63, 3.8) is 0 Å². The van der Waals surface area contributed by atoms with Crippen LogP contribution < -0.4 is 0 Å². The first-order valence-electron chi connectivity index (χ1n) is 10.2. The predicted molar refractivity (Wildman–Crippen MR) is 114 cm³/mol. The molecule has 1 atom stereocenters. The summed E-state index contributed by atoms with van der Waals surface area (Å²) in [5.41, 5.74) is 0.822. The zero-order valence-electron chi connectivity index (χ0n) is 16.9. The normalized spacial score (nSPS) is 17.5. The second-order valence-electron chi connectivity index (χ2n) is 8.30. The van der Waals surface area contributed by atoms with Crippen LogP contribution in [0, 0.1) is 23.2 Å². The van der Waals surface area contributed by atoms with Crippen LogP contribution in [0.3, 0.4) is 0 Å². The Kier molecular flexibility index (Phi) is 10.3. The molecule has 1 aliphatic rings. The highest BCUT2D eigenvalue weighted by Gasteiger charge is 2.35. The highest BCUT2D eigenvalue weighted by molar-refractivity contribution is 5.85. The Morgan fingerprint density at radius 3 is 2.35 bits per heavy atom. The molecule has 1 saturated carbocycles. The van der Waals surface area contributed by atoms with Crippen LogP contribution in [0.2, 0.25) is 0 Å². The molecule has 0 saturated heterocycles. The standard InChI is InChI=1S/C23H36N2.ClH/c1-20(2)23(19-24,22-13-8-5-9-14-22)16-10-17-25(3)18-15-21-11-6-4-7-12-21;/h5,8-9,13-14,20-21H,4,6-7,10-12,15-18H2,1-3H3;1H/t23-;/m1./s1. The molecule has 2 rings (SSSR count). The van der Waals surface area contributed by atoms with Crippen molar-refractivity contribution >= 4 is 12.4 Å². The molecule has 0 aromatic heterocycles. The van der Waals surface area contributed by atoms with Gasteiger partial charge in [0.25, 0.3) is 0 Å². The molecule has 0 radical (unpaired) electrons. The summed E-state index contributed by atoms with van der Waals surface area (Å²) in [4.78, 5) is 2.47. The van der Waals surface area contributed by atoms with Gasteiger partial charge in [-0.05, 0) is 56.8 Å². The van der Waals surface area contributed by atoms with E-state index in [9.17, 15) is 5.26 Å². The summed E-state index contributed by atoms with van der Waals surface area (Å²) in [5, 5.41) is 9.98. The number of nitriles is 1. The number of halogens is 1. The van der Waals surface area contributed by atoms with Crippen molar-refractivity contribution in [2.75, 3.05) is 20.1 Å². The van der Waals surface area contributed by atoms with Gasteiger partial charge in [0.15, 0.2) is 0 Å².